The van der Waals surface area contributed by atoms with E-state index in [2.05, 4.69) is 5.32 Å². The lowest BCUT2D eigenvalue weighted by Gasteiger charge is -2.26. The lowest BCUT2D eigenvalue weighted by molar-refractivity contribution is -0.122. The molecule has 0 unspecified atom stereocenters. The first kappa shape index (κ1) is 22.5. The molecular weight excluding hydrogens is 440 g/mol. The largest absolute Gasteiger partial charge is 0.494 e. The number of aryl methyl sites for hydroxylation is 1. The van der Waals surface area contributed by atoms with Gasteiger partial charge in [0.05, 0.1) is 17.9 Å². The van der Waals surface area contributed by atoms with Crippen LogP contribution in [-0.4, -0.2) is 35.5 Å². The van der Waals surface area contributed by atoms with Crippen LogP contribution in [0.25, 0.3) is 17.4 Å². The first-order valence-electron chi connectivity index (χ1n) is 10.4. The number of urea groups is 1. The molecule has 4 rings (SSSR count). The van der Waals surface area contributed by atoms with E-state index in [0.29, 0.717) is 29.2 Å². The van der Waals surface area contributed by atoms with Gasteiger partial charge < -0.3 is 14.3 Å². The monoisotopic (exact) mass is 460 g/mol. The number of ether oxygens (including phenoxy) is 1. The zero-order valence-electron chi connectivity index (χ0n) is 18.3. The fraction of sp³-hybridized carbons (Fsp3) is 0.120. The zero-order valence-corrected chi connectivity index (χ0v) is 18.3. The summed E-state index contributed by atoms with van der Waals surface area (Å²) in [5.74, 6) is -1.59. The van der Waals surface area contributed by atoms with E-state index in [1.54, 1.807) is 43.3 Å². The van der Waals surface area contributed by atoms with Crippen LogP contribution in [0, 0.1) is 6.92 Å². The number of anilines is 1. The second kappa shape index (κ2) is 9.07. The molecule has 9 heteroatoms. The summed E-state index contributed by atoms with van der Waals surface area (Å²) in [6, 6.07) is 13.5. The number of imide groups is 2. The quantitative estimate of drug-likeness (QED) is 0.420. The van der Waals surface area contributed by atoms with Gasteiger partial charge in [0.15, 0.2) is 0 Å². The highest BCUT2D eigenvalue weighted by atomic mass is 16.5. The van der Waals surface area contributed by atoms with Gasteiger partial charge in [-0.3, -0.25) is 14.9 Å². The number of carbonyl (C=O) groups is 4. The molecule has 0 atom stereocenters. The van der Waals surface area contributed by atoms with Gasteiger partial charge in [-0.05, 0) is 68.0 Å². The Morgan fingerprint density at radius 3 is 2.50 bits per heavy atom. The van der Waals surface area contributed by atoms with E-state index < -0.39 is 23.8 Å². The normalized spacial score (nSPS) is 14.9. The van der Waals surface area contributed by atoms with Crippen molar-refractivity contribution in [3.63, 3.8) is 0 Å². The number of aromatic carboxylic acids is 1. The number of rotatable bonds is 6. The number of carboxylic acids is 1. The predicted octanol–water partition coefficient (Wildman–Crippen LogP) is 4.02. The summed E-state index contributed by atoms with van der Waals surface area (Å²) in [6.07, 6.45) is 1.24. The summed E-state index contributed by atoms with van der Waals surface area (Å²) in [6.45, 7) is 3.99. The van der Waals surface area contributed by atoms with Crippen molar-refractivity contribution in [3.8, 4) is 17.1 Å². The highest BCUT2D eigenvalue weighted by Crippen LogP contribution is 2.28. The maximum absolute atomic E-state index is 13.0. The minimum Gasteiger partial charge on any atom is -0.494 e. The van der Waals surface area contributed by atoms with E-state index >= 15 is 0 Å². The molecular formula is C25H20N2O7. The van der Waals surface area contributed by atoms with E-state index in [1.165, 1.54) is 24.3 Å². The fourth-order valence-corrected chi connectivity index (χ4v) is 3.48. The third-order valence-corrected chi connectivity index (χ3v) is 5.17. The first-order chi connectivity index (χ1) is 16.3. The smallest absolute Gasteiger partial charge is 0.335 e. The van der Waals surface area contributed by atoms with Gasteiger partial charge in [0.25, 0.3) is 11.8 Å². The first-order valence-corrected chi connectivity index (χ1v) is 10.4. The van der Waals surface area contributed by atoms with Gasteiger partial charge in [-0.15, -0.1) is 0 Å². The van der Waals surface area contributed by atoms with Crippen LogP contribution in [0.3, 0.4) is 0 Å². The van der Waals surface area contributed by atoms with Crippen molar-refractivity contribution in [1.29, 1.82) is 0 Å². The third-order valence-electron chi connectivity index (χ3n) is 5.17. The molecule has 0 saturated carbocycles. The number of furan rings is 1. The summed E-state index contributed by atoms with van der Waals surface area (Å²) in [4.78, 5) is 50.1. The molecule has 3 aromatic rings. The SMILES string of the molecule is CCOc1ccc(N2C(=O)NC(=O)C(=Cc3ccc(-c4ccc(C)c(C(=O)O)c4)o3)C2=O)cc1. The molecule has 0 radical (unpaired) electrons. The summed E-state index contributed by atoms with van der Waals surface area (Å²) in [5, 5.41) is 11.5. The topological polar surface area (TPSA) is 126 Å². The molecule has 0 spiro atoms. The summed E-state index contributed by atoms with van der Waals surface area (Å²) >= 11 is 0. The number of carbonyl (C=O) groups excluding carboxylic acids is 3. The summed E-state index contributed by atoms with van der Waals surface area (Å²) in [7, 11) is 0. The molecule has 0 bridgehead atoms. The van der Waals surface area contributed by atoms with Crippen LogP contribution in [-0.2, 0) is 9.59 Å². The van der Waals surface area contributed by atoms with Crippen molar-refractivity contribution in [2.24, 2.45) is 0 Å². The van der Waals surface area contributed by atoms with Gasteiger partial charge in [-0.25, -0.2) is 14.5 Å². The molecule has 1 fully saturated rings. The van der Waals surface area contributed by atoms with Crippen LogP contribution in [0.1, 0.15) is 28.6 Å². The lowest BCUT2D eigenvalue weighted by atomic mass is 10.0. The minimum absolute atomic E-state index is 0.139. The molecule has 1 aliphatic heterocycles. The van der Waals surface area contributed by atoms with Crippen molar-refractivity contribution in [3.05, 3.63) is 77.1 Å². The number of benzene rings is 2. The fourth-order valence-electron chi connectivity index (χ4n) is 3.48. The number of nitrogens with one attached hydrogen (secondary N) is 1. The second-order valence-electron chi connectivity index (χ2n) is 7.42. The summed E-state index contributed by atoms with van der Waals surface area (Å²) < 4.78 is 11.1. The van der Waals surface area contributed by atoms with Crippen molar-refractivity contribution in [1.82, 2.24) is 5.32 Å². The molecule has 4 amide bonds. The number of amides is 4. The molecule has 0 aliphatic carbocycles. The van der Waals surface area contributed by atoms with E-state index in [0.717, 1.165) is 4.90 Å². The Morgan fingerprint density at radius 2 is 1.82 bits per heavy atom. The average Bonchev–Trinajstić information content (AvgIpc) is 3.27. The summed E-state index contributed by atoms with van der Waals surface area (Å²) in [5.41, 5.74) is 1.25. The van der Waals surface area contributed by atoms with Crippen LogP contribution >= 0.6 is 0 Å². The van der Waals surface area contributed by atoms with Gasteiger partial charge in [-0.2, -0.15) is 0 Å². The Bertz CT molecular complexity index is 1340. The van der Waals surface area contributed by atoms with Gasteiger partial charge in [0, 0.05) is 5.56 Å². The highest BCUT2D eigenvalue weighted by molar-refractivity contribution is 6.39. The molecule has 2 heterocycles. The van der Waals surface area contributed by atoms with Crippen molar-refractivity contribution in [2.75, 3.05) is 11.5 Å². The lowest BCUT2D eigenvalue weighted by Crippen LogP contribution is -2.54. The minimum atomic E-state index is -1.06. The number of hydrogen-bond donors (Lipinski definition) is 2. The van der Waals surface area contributed by atoms with Crippen molar-refractivity contribution >= 4 is 35.6 Å². The zero-order chi connectivity index (χ0) is 24.4. The van der Waals surface area contributed by atoms with Crippen LogP contribution < -0.4 is 15.0 Å². The number of barbiturate groups is 1. The third kappa shape index (κ3) is 4.31. The Kier molecular flexibility index (Phi) is 6.01. The molecule has 1 aromatic heterocycles. The van der Waals surface area contributed by atoms with Gasteiger partial charge >= 0.3 is 12.0 Å². The Balaban J connectivity index is 1.64. The van der Waals surface area contributed by atoms with Crippen molar-refractivity contribution < 1.29 is 33.4 Å². The van der Waals surface area contributed by atoms with Crippen LogP contribution in [0.4, 0.5) is 10.5 Å². The van der Waals surface area contributed by atoms with Gasteiger partial charge in [0.1, 0.15) is 22.8 Å². The van der Waals surface area contributed by atoms with E-state index in [1.807, 2.05) is 6.92 Å². The van der Waals surface area contributed by atoms with E-state index in [-0.39, 0.29) is 22.6 Å². The van der Waals surface area contributed by atoms with Gasteiger partial charge in [-0.1, -0.05) is 12.1 Å². The molecule has 2 N–H and O–H groups in total. The second-order valence-corrected chi connectivity index (χ2v) is 7.42. The molecule has 2 aromatic carbocycles. The molecule has 1 saturated heterocycles. The Morgan fingerprint density at radius 1 is 1.09 bits per heavy atom. The molecule has 172 valence electrons. The maximum atomic E-state index is 13.0. The van der Waals surface area contributed by atoms with Crippen LogP contribution in [0.15, 0.2) is 64.6 Å². The maximum Gasteiger partial charge on any atom is 0.335 e. The number of carboxylic acid groups (broad SMARTS) is 1. The van der Waals surface area contributed by atoms with E-state index in [4.69, 9.17) is 9.15 Å². The van der Waals surface area contributed by atoms with Crippen molar-refractivity contribution in [2.45, 2.75) is 13.8 Å². The molecule has 9 nitrogen and oxygen atoms in total. The van der Waals surface area contributed by atoms with E-state index in [9.17, 15) is 24.3 Å². The Hall–Kier alpha value is -4.66. The van der Waals surface area contributed by atoms with Gasteiger partial charge in [0.2, 0.25) is 0 Å². The molecule has 1 aliphatic rings. The average molecular weight is 460 g/mol. The van der Waals surface area contributed by atoms with Crippen LogP contribution in [0.2, 0.25) is 0 Å². The predicted molar refractivity (Wildman–Crippen MR) is 122 cm³/mol. The number of nitrogens with zero attached hydrogens (tertiary/aromatic N) is 1. The number of hydrogen-bond acceptors (Lipinski definition) is 6. The Labute approximate surface area is 194 Å². The molecule has 34 heavy (non-hydrogen) atoms. The van der Waals surface area contributed by atoms with Crippen LogP contribution in [0.5, 0.6) is 5.75 Å². The standard InChI is InChI=1S/C25H20N2O7/c1-3-33-17-8-6-16(7-9-17)27-23(29)20(22(28)26-25(27)32)13-18-10-11-21(34-18)15-5-4-14(2)19(12-15)24(30)31/h4-13H,3H2,1-2H3,(H,30,31)(H,26,28,32). The highest BCUT2D eigenvalue weighted by Gasteiger charge is 2.37.